The van der Waals surface area contributed by atoms with E-state index in [1.807, 2.05) is 31.2 Å². The van der Waals surface area contributed by atoms with Crippen molar-refractivity contribution in [3.8, 4) is 10.6 Å². The van der Waals surface area contributed by atoms with Gasteiger partial charge in [0.2, 0.25) is 0 Å². The molecule has 0 spiro atoms. The first-order valence-electron chi connectivity index (χ1n) is 8.38. The van der Waals surface area contributed by atoms with E-state index < -0.39 is 5.97 Å². The van der Waals surface area contributed by atoms with Crippen molar-refractivity contribution in [2.24, 2.45) is 0 Å². The number of esters is 1. The highest BCUT2D eigenvalue weighted by Crippen LogP contribution is 2.24. The lowest BCUT2D eigenvalue weighted by Crippen LogP contribution is -2.14. The van der Waals surface area contributed by atoms with E-state index in [1.54, 1.807) is 17.5 Å². The Kier molecular flexibility index (Phi) is 5.58. The Morgan fingerprint density at radius 3 is 2.38 bits per heavy atom. The lowest BCUT2D eigenvalue weighted by atomic mass is 10.1. The first-order valence-corrected chi connectivity index (χ1v) is 9.26. The highest BCUT2D eigenvalue weighted by molar-refractivity contribution is 7.13. The number of thiazole rings is 1. The first kappa shape index (κ1) is 18.0. The zero-order valence-electron chi connectivity index (χ0n) is 14.7. The van der Waals surface area contributed by atoms with Crippen molar-refractivity contribution in [3.63, 3.8) is 0 Å². The van der Waals surface area contributed by atoms with Crippen LogP contribution in [0.15, 0.2) is 53.9 Å². The molecule has 3 rings (SSSR count). The zero-order chi connectivity index (χ0) is 18.5. The van der Waals surface area contributed by atoms with Gasteiger partial charge in [-0.15, -0.1) is 11.3 Å². The van der Waals surface area contributed by atoms with E-state index in [9.17, 15) is 9.59 Å². The Morgan fingerprint density at radius 2 is 1.73 bits per heavy atom. The first-order chi connectivity index (χ1) is 12.6. The Balaban J connectivity index is 1.62. The molecule has 0 amide bonds. The molecule has 0 atom stereocenters. The van der Waals surface area contributed by atoms with E-state index >= 15 is 0 Å². The molecule has 3 aromatic rings. The number of ketones is 1. The van der Waals surface area contributed by atoms with Gasteiger partial charge in [-0.05, 0) is 18.9 Å². The zero-order valence-corrected chi connectivity index (χ0v) is 15.5. The van der Waals surface area contributed by atoms with Crippen LogP contribution in [0.25, 0.3) is 10.6 Å². The van der Waals surface area contributed by atoms with Crippen LogP contribution < -0.4 is 0 Å². The molecule has 26 heavy (non-hydrogen) atoms. The minimum atomic E-state index is -0.585. The molecule has 0 fully saturated rings. The highest BCUT2D eigenvalue weighted by atomic mass is 32.1. The van der Waals surface area contributed by atoms with Crippen LogP contribution in [0.1, 0.15) is 38.9 Å². The summed E-state index contributed by atoms with van der Waals surface area (Å²) in [6.07, 6.45) is 0.977. The molecule has 1 aromatic heterocycles. The Labute approximate surface area is 156 Å². The molecule has 0 saturated carbocycles. The van der Waals surface area contributed by atoms with E-state index in [-0.39, 0.29) is 18.1 Å². The summed E-state index contributed by atoms with van der Waals surface area (Å²) in [6, 6.07) is 15.3. The number of carbonyl (C=O) groups excluding carboxylic acids is 2. The fourth-order valence-corrected chi connectivity index (χ4v) is 3.21. The monoisotopic (exact) mass is 365 g/mol. The SMILES string of the molecule is CCc1ccc(-c2nc(C(=O)OCC(=O)c3ccc(C)cc3)cs2)cc1. The summed E-state index contributed by atoms with van der Waals surface area (Å²) < 4.78 is 5.12. The number of aryl methyl sites for hydroxylation is 2. The quantitative estimate of drug-likeness (QED) is 0.468. The van der Waals surface area contributed by atoms with Gasteiger partial charge < -0.3 is 4.74 Å². The maximum absolute atomic E-state index is 12.1. The Morgan fingerprint density at radius 1 is 1.04 bits per heavy atom. The molecule has 0 radical (unpaired) electrons. The summed E-state index contributed by atoms with van der Waals surface area (Å²) in [5, 5.41) is 2.41. The normalized spacial score (nSPS) is 10.5. The van der Waals surface area contributed by atoms with Crippen LogP contribution in [-0.2, 0) is 11.2 Å². The number of carbonyl (C=O) groups is 2. The maximum atomic E-state index is 12.1. The predicted octanol–water partition coefficient (Wildman–Crippen LogP) is 4.72. The summed E-state index contributed by atoms with van der Waals surface area (Å²) in [5.74, 6) is -0.818. The van der Waals surface area contributed by atoms with Crippen LogP contribution in [0.3, 0.4) is 0 Å². The Bertz CT molecular complexity index is 911. The fourth-order valence-electron chi connectivity index (χ4n) is 2.41. The van der Waals surface area contributed by atoms with Gasteiger partial charge in [0.1, 0.15) is 5.01 Å². The molecule has 0 bridgehead atoms. The average Bonchev–Trinajstić information content (AvgIpc) is 3.17. The van der Waals surface area contributed by atoms with Crippen molar-refractivity contribution >= 4 is 23.1 Å². The summed E-state index contributed by atoms with van der Waals surface area (Å²) in [5.41, 5.74) is 4.03. The van der Waals surface area contributed by atoms with Crippen LogP contribution in [0, 0.1) is 6.92 Å². The third kappa shape index (κ3) is 4.24. The van der Waals surface area contributed by atoms with Crippen molar-refractivity contribution in [3.05, 3.63) is 76.3 Å². The molecule has 0 aliphatic carbocycles. The van der Waals surface area contributed by atoms with E-state index in [0.29, 0.717) is 5.56 Å². The van der Waals surface area contributed by atoms with Gasteiger partial charge in [-0.3, -0.25) is 4.79 Å². The van der Waals surface area contributed by atoms with Crippen molar-refractivity contribution in [1.82, 2.24) is 4.98 Å². The van der Waals surface area contributed by atoms with Gasteiger partial charge in [0.25, 0.3) is 0 Å². The number of hydrogen-bond donors (Lipinski definition) is 0. The fraction of sp³-hybridized carbons (Fsp3) is 0.190. The molecule has 0 unspecified atom stereocenters. The number of ether oxygens (including phenoxy) is 1. The maximum Gasteiger partial charge on any atom is 0.358 e. The van der Waals surface area contributed by atoms with Crippen LogP contribution >= 0.6 is 11.3 Å². The smallest absolute Gasteiger partial charge is 0.358 e. The summed E-state index contributed by atoms with van der Waals surface area (Å²) in [7, 11) is 0. The molecule has 4 nitrogen and oxygen atoms in total. The second-order valence-electron chi connectivity index (χ2n) is 5.95. The molecular weight excluding hydrogens is 346 g/mol. The number of nitrogens with zero attached hydrogens (tertiary/aromatic N) is 1. The number of benzene rings is 2. The molecule has 0 saturated heterocycles. The van der Waals surface area contributed by atoms with Crippen LogP contribution in [0.5, 0.6) is 0 Å². The van der Waals surface area contributed by atoms with Gasteiger partial charge in [0.05, 0.1) is 0 Å². The minimum absolute atomic E-state index is 0.223. The molecule has 2 aromatic carbocycles. The highest BCUT2D eigenvalue weighted by Gasteiger charge is 2.15. The van der Waals surface area contributed by atoms with Gasteiger partial charge in [-0.1, -0.05) is 61.0 Å². The van der Waals surface area contributed by atoms with Crippen molar-refractivity contribution < 1.29 is 14.3 Å². The third-order valence-electron chi connectivity index (χ3n) is 4.03. The van der Waals surface area contributed by atoms with Crippen LogP contribution in [-0.4, -0.2) is 23.3 Å². The second-order valence-corrected chi connectivity index (χ2v) is 6.81. The van der Waals surface area contributed by atoms with E-state index in [2.05, 4.69) is 24.0 Å². The summed E-state index contributed by atoms with van der Waals surface area (Å²) >= 11 is 1.38. The van der Waals surface area contributed by atoms with Crippen LogP contribution in [0.4, 0.5) is 0 Å². The molecule has 0 N–H and O–H groups in total. The van der Waals surface area contributed by atoms with Gasteiger partial charge in [-0.2, -0.15) is 0 Å². The molecule has 0 aliphatic heterocycles. The third-order valence-corrected chi connectivity index (χ3v) is 4.92. The number of rotatable bonds is 6. The lowest BCUT2D eigenvalue weighted by Gasteiger charge is -2.03. The topological polar surface area (TPSA) is 56.3 Å². The molecule has 0 aliphatic rings. The summed E-state index contributed by atoms with van der Waals surface area (Å²) in [4.78, 5) is 28.6. The van der Waals surface area contributed by atoms with Crippen molar-refractivity contribution in [2.75, 3.05) is 6.61 Å². The Hall–Kier alpha value is -2.79. The average molecular weight is 365 g/mol. The van der Waals surface area contributed by atoms with Gasteiger partial charge >= 0.3 is 5.97 Å². The van der Waals surface area contributed by atoms with Gasteiger partial charge in [-0.25, -0.2) is 9.78 Å². The molecular formula is C21H19NO3S. The van der Waals surface area contributed by atoms with E-state index in [0.717, 1.165) is 22.6 Å². The molecule has 1 heterocycles. The van der Waals surface area contributed by atoms with Crippen LogP contribution in [0.2, 0.25) is 0 Å². The molecule has 132 valence electrons. The van der Waals surface area contributed by atoms with Crippen molar-refractivity contribution in [1.29, 1.82) is 0 Å². The number of Topliss-reactive ketones (excluding diaryl/α,β-unsaturated/α-hetero) is 1. The van der Waals surface area contributed by atoms with Gasteiger partial charge in [0.15, 0.2) is 18.1 Å². The van der Waals surface area contributed by atoms with Crippen molar-refractivity contribution in [2.45, 2.75) is 20.3 Å². The molecule has 5 heteroatoms. The minimum Gasteiger partial charge on any atom is -0.453 e. The van der Waals surface area contributed by atoms with Gasteiger partial charge in [0, 0.05) is 16.5 Å². The van der Waals surface area contributed by atoms with E-state index in [1.165, 1.54) is 16.9 Å². The standard InChI is InChI=1S/C21H19NO3S/c1-3-15-6-10-17(11-7-15)20-22-18(13-26-20)21(24)25-12-19(23)16-8-4-14(2)5-9-16/h4-11,13H,3,12H2,1-2H3. The number of aromatic nitrogens is 1. The predicted molar refractivity (Wildman–Crippen MR) is 103 cm³/mol. The largest absolute Gasteiger partial charge is 0.453 e. The second kappa shape index (κ2) is 8.06. The summed E-state index contributed by atoms with van der Waals surface area (Å²) in [6.45, 7) is 3.76. The number of hydrogen-bond acceptors (Lipinski definition) is 5. The lowest BCUT2D eigenvalue weighted by molar-refractivity contribution is 0.0470. The van der Waals surface area contributed by atoms with E-state index in [4.69, 9.17) is 4.74 Å².